The van der Waals surface area contributed by atoms with Crippen LogP contribution in [0, 0.1) is 0 Å². The van der Waals surface area contributed by atoms with Gasteiger partial charge in [0.05, 0.1) is 0 Å². The molecule has 1 rings (SSSR count). The number of carbonyl (C=O) groups is 2. The van der Waals surface area contributed by atoms with Crippen molar-refractivity contribution >= 4 is 33.6 Å². The lowest BCUT2D eigenvalue weighted by atomic mass is 10.2. The monoisotopic (exact) mass is 299 g/mol. The molecule has 0 spiro atoms. The second-order valence-electron chi connectivity index (χ2n) is 3.25. The van der Waals surface area contributed by atoms with Crippen LogP contribution in [-0.2, 0) is 9.59 Å². The maximum atomic E-state index is 10.8. The lowest BCUT2D eigenvalue weighted by Crippen LogP contribution is -2.16. The third-order valence-electron chi connectivity index (χ3n) is 1.96. The summed E-state index contributed by atoms with van der Waals surface area (Å²) in [5, 5.41) is 20.3. The zero-order chi connectivity index (χ0) is 13.0. The number of nitrogens with one attached hydrogen (secondary N) is 1. The van der Waals surface area contributed by atoms with E-state index in [0.717, 1.165) is 4.47 Å². The molecule has 0 aliphatic carbocycles. The van der Waals surface area contributed by atoms with Crippen molar-refractivity contribution in [3.63, 3.8) is 0 Å². The first-order valence-electron chi connectivity index (χ1n) is 4.62. The number of allylic oxidation sites excluding steroid dienone is 1. The zero-order valence-electron chi connectivity index (χ0n) is 8.90. The summed E-state index contributed by atoms with van der Waals surface area (Å²) in [6.45, 7) is 1.40. The summed E-state index contributed by atoms with van der Waals surface area (Å²) in [5.41, 5.74) is 0.00458. The van der Waals surface area contributed by atoms with E-state index in [-0.39, 0.29) is 5.70 Å². The van der Waals surface area contributed by atoms with Gasteiger partial charge in [0.15, 0.2) is 5.57 Å². The number of carboxylic acids is 2. The normalized spacial score (nSPS) is 9.53. The van der Waals surface area contributed by atoms with Crippen LogP contribution in [-0.4, -0.2) is 22.2 Å². The first-order chi connectivity index (χ1) is 7.91. The molecule has 90 valence electrons. The summed E-state index contributed by atoms with van der Waals surface area (Å²) in [5.74, 6) is -2.95. The van der Waals surface area contributed by atoms with E-state index in [0.29, 0.717) is 5.69 Å². The summed E-state index contributed by atoms with van der Waals surface area (Å²) in [4.78, 5) is 21.5. The number of hydrogen-bond acceptors (Lipinski definition) is 3. The Kier molecular flexibility index (Phi) is 4.28. The highest BCUT2D eigenvalue weighted by Crippen LogP contribution is 2.18. The van der Waals surface area contributed by atoms with Crippen molar-refractivity contribution in [1.29, 1.82) is 0 Å². The standard InChI is InChI=1S/C11H10BrNO4/c1-6(9(10(14)15)11(16)17)13-8-4-2-3-7(12)5-8/h2-5,13H,1H3,(H,14,15)(H,16,17). The Morgan fingerprint density at radius 1 is 1.24 bits per heavy atom. The molecule has 0 atom stereocenters. The Bertz CT molecular complexity index is 480. The molecular formula is C11H10BrNO4. The van der Waals surface area contributed by atoms with Gasteiger partial charge in [-0.15, -0.1) is 0 Å². The van der Waals surface area contributed by atoms with Crippen LogP contribution in [0.4, 0.5) is 5.69 Å². The molecule has 0 aliphatic heterocycles. The highest BCUT2D eigenvalue weighted by atomic mass is 79.9. The number of benzene rings is 1. The molecule has 0 aliphatic rings. The first-order valence-corrected chi connectivity index (χ1v) is 5.41. The molecule has 17 heavy (non-hydrogen) atoms. The third kappa shape index (κ3) is 3.60. The van der Waals surface area contributed by atoms with E-state index in [1.807, 2.05) is 0 Å². The molecular weight excluding hydrogens is 290 g/mol. The minimum Gasteiger partial charge on any atom is -0.477 e. The quantitative estimate of drug-likeness (QED) is 0.451. The van der Waals surface area contributed by atoms with Crippen LogP contribution in [0.2, 0.25) is 0 Å². The van der Waals surface area contributed by atoms with E-state index in [2.05, 4.69) is 21.2 Å². The summed E-state index contributed by atoms with van der Waals surface area (Å²) in [6.07, 6.45) is 0. The number of halogens is 1. The highest BCUT2D eigenvalue weighted by Gasteiger charge is 2.19. The fraction of sp³-hybridized carbons (Fsp3) is 0.0909. The van der Waals surface area contributed by atoms with Gasteiger partial charge in [-0.2, -0.15) is 0 Å². The van der Waals surface area contributed by atoms with Gasteiger partial charge in [-0.1, -0.05) is 22.0 Å². The molecule has 0 bridgehead atoms. The molecule has 0 aromatic heterocycles. The van der Waals surface area contributed by atoms with Crippen LogP contribution in [0.25, 0.3) is 0 Å². The fourth-order valence-electron chi connectivity index (χ4n) is 1.26. The minimum absolute atomic E-state index is 0.0723. The Morgan fingerprint density at radius 2 is 1.82 bits per heavy atom. The molecule has 0 amide bonds. The predicted octanol–water partition coefficient (Wildman–Crippen LogP) is 2.30. The molecule has 0 fully saturated rings. The smallest absolute Gasteiger partial charge is 0.344 e. The highest BCUT2D eigenvalue weighted by molar-refractivity contribution is 9.10. The van der Waals surface area contributed by atoms with Gasteiger partial charge in [0.1, 0.15) is 0 Å². The van der Waals surface area contributed by atoms with Gasteiger partial charge >= 0.3 is 11.9 Å². The Hall–Kier alpha value is -1.82. The Balaban J connectivity index is 3.04. The lowest BCUT2D eigenvalue weighted by molar-refractivity contribution is -0.140. The van der Waals surface area contributed by atoms with Crippen molar-refractivity contribution in [3.8, 4) is 0 Å². The van der Waals surface area contributed by atoms with E-state index in [1.54, 1.807) is 24.3 Å². The fourth-order valence-corrected chi connectivity index (χ4v) is 1.66. The van der Waals surface area contributed by atoms with Crippen LogP contribution in [0.1, 0.15) is 6.92 Å². The first kappa shape index (κ1) is 13.2. The van der Waals surface area contributed by atoms with Gasteiger partial charge in [-0.25, -0.2) is 9.59 Å². The average molecular weight is 300 g/mol. The van der Waals surface area contributed by atoms with Gasteiger partial charge < -0.3 is 15.5 Å². The van der Waals surface area contributed by atoms with E-state index < -0.39 is 17.5 Å². The SMILES string of the molecule is CC(Nc1cccc(Br)c1)=C(C(=O)O)C(=O)O. The molecule has 6 heteroatoms. The summed E-state index contributed by atoms with van der Waals surface area (Å²) in [6, 6.07) is 6.97. The van der Waals surface area contributed by atoms with E-state index in [1.165, 1.54) is 6.92 Å². The molecule has 1 aromatic carbocycles. The predicted molar refractivity (Wildman–Crippen MR) is 65.7 cm³/mol. The summed E-state index contributed by atoms with van der Waals surface area (Å²) in [7, 11) is 0. The van der Waals surface area contributed by atoms with E-state index in [9.17, 15) is 9.59 Å². The van der Waals surface area contributed by atoms with E-state index >= 15 is 0 Å². The molecule has 0 heterocycles. The zero-order valence-corrected chi connectivity index (χ0v) is 10.5. The number of anilines is 1. The second kappa shape index (κ2) is 5.49. The minimum atomic E-state index is -1.47. The molecule has 0 unspecified atom stereocenters. The van der Waals surface area contributed by atoms with Crippen LogP contribution in [0.3, 0.4) is 0 Å². The Morgan fingerprint density at radius 3 is 2.29 bits per heavy atom. The van der Waals surface area contributed by atoms with Gasteiger partial charge in [0.25, 0.3) is 0 Å². The molecule has 3 N–H and O–H groups in total. The van der Waals surface area contributed by atoms with Gasteiger partial charge in [0.2, 0.25) is 0 Å². The largest absolute Gasteiger partial charge is 0.477 e. The van der Waals surface area contributed by atoms with Crippen LogP contribution < -0.4 is 5.32 Å². The van der Waals surface area contributed by atoms with Crippen LogP contribution >= 0.6 is 15.9 Å². The third-order valence-corrected chi connectivity index (χ3v) is 2.45. The second-order valence-corrected chi connectivity index (χ2v) is 4.16. The van der Waals surface area contributed by atoms with Crippen LogP contribution in [0.5, 0.6) is 0 Å². The average Bonchev–Trinajstić information content (AvgIpc) is 2.15. The number of carboxylic acid groups (broad SMARTS) is 2. The van der Waals surface area contributed by atoms with Crippen molar-refractivity contribution in [2.45, 2.75) is 6.92 Å². The van der Waals surface area contributed by atoms with Crippen molar-refractivity contribution in [3.05, 3.63) is 40.0 Å². The van der Waals surface area contributed by atoms with Crippen molar-refractivity contribution in [2.24, 2.45) is 0 Å². The van der Waals surface area contributed by atoms with Crippen LogP contribution in [0.15, 0.2) is 40.0 Å². The van der Waals surface area contributed by atoms with Gasteiger partial charge in [-0.3, -0.25) is 0 Å². The molecule has 0 saturated carbocycles. The Labute approximate surface area is 106 Å². The topological polar surface area (TPSA) is 86.6 Å². The molecule has 5 nitrogen and oxygen atoms in total. The molecule has 1 aromatic rings. The summed E-state index contributed by atoms with van der Waals surface area (Å²) >= 11 is 3.26. The maximum Gasteiger partial charge on any atom is 0.344 e. The van der Waals surface area contributed by atoms with Crippen molar-refractivity contribution in [2.75, 3.05) is 5.32 Å². The van der Waals surface area contributed by atoms with Gasteiger partial charge in [-0.05, 0) is 25.1 Å². The molecule has 0 radical (unpaired) electrons. The number of aliphatic carboxylic acids is 2. The lowest BCUT2D eigenvalue weighted by Gasteiger charge is -2.08. The van der Waals surface area contributed by atoms with E-state index in [4.69, 9.17) is 10.2 Å². The number of hydrogen-bond donors (Lipinski definition) is 3. The van der Waals surface area contributed by atoms with Crippen molar-refractivity contribution < 1.29 is 19.8 Å². The summed E-state index contributed by atoms with van der Waals surface area (Å²) < 4.78 is 0.808. The van der Waals surface area contributed by atoms with Gasteiger partial charge in [0, 0.05) is 15.9 Å². The van der Waals surface area contributed by atoms with Crippen molar-refractivity contribution in [1.82, 2.24) is 0 Å². The molecule has 0 saturated heterocycles. The number of rotatable bonds is 4. The maximum absolute atomic E-state index is 10.8.